The van der Waals surface area contributed by atoms with Crippen molar-refractivity contribution in [1.29, 1.82) is 0 Å². The highest BCUT2D eigenvalue weighted by atomic mass is 32.2. The van der Waals surface area contributed by atoms with E-state index in [1.807, 2.05) is 11.8 Å². The van der Waals surface area contributed by atoms with E-state index in [2.05, 4.69) is 111 Å². The topological polar surface area (TPSA) is 0 Å². The van der Waals surface area contributed by atoms with Crippen LogP contribution in [0.2, 0.25) is 0 Å². The Labute approximate surface area is 165 Å². The maximum atomic E-state index is 2.28. The van der Waals surface area contributed by atoms with Gasteiger partial charge in [-0.3, -0.25) is 0 Å². The third-order valence-electron chi connectivity index (χ3n) is 4.78. The summed E-state index contributed by atoms with van der Waals surface area (Å²) in [4.78, 5) is 2.62. The largest absolute Gasteiger partial charge is 0.0895 e. The van der Waals surface area contributed by atoms with Gasteiger partial charge in [0.1, 0.15) is 0 Å². The molecule has 0 unspecified atom stereocenters. The second kappa shape index (κ2) is 7.85. The normalized spacial score (nSPS) is 10.7. The zero-order valence-electron chi connectivity index (χ0n) is 15.6. The lowest BCUT2D eigenvalue weighted by molar-refractivity contribution is 1.26. The first-order valence-electron chi connectivity index (χ1n) is 9.21. The molecule has 132 valence electrons. The van der Waals surface area contributed by atoms with Gasteiger partial charge in [-0.1, -0.05) is 96.7 Å². The number of benzene rings is 4. The molecule has 0 saturated carbocycles. The number of hydrogen-bond acceptors (Lipinski definition) is 1. The van der Waals surface area contributed by atoms with Gasteiger partial charge in [0.05, 0.1) is 0 Å². The second-order valence-corrected chi connectivity index (χ2v) is 7.88. The lowest BCUT2D eigenvalue weighted by atomic mass is 10.0. The van der Waals surface area contributed by atoms with Crippen molar-refractivity contribution in [3.8, 4) is 22.3 Å². The lowest BCUT2D eigenvalue weighted by Gasteiger charge is -2.12. The molecule has 0 bridgehead atoms. The van der Waals surface area contributed by atoms with E-state index in [0.29, 0.717) is 0 Å². The maximum absolute atomic E-state index is 2.28. The Morgan fingerprint density at radius 3 is 1.22 bits per heavy atom. The molecule has 0 heterocycles. The Kier molecular flexibility index (Phi) is 5.13. The van der Waals surface area contributed by atoms with Crippen LogP contribution in [0, 0.1) is 13.8 Å². The van der Waals surface area contributed by atoms with Crippen LogP contribution in [0.3, 0.4) is 0 Å². The minimum absolute atomic E-state index is 1.26. The van der Waals surface area contributed by atoms with Gasteiger partial charge < -0.3 is 0 Å². The molecule has 0 saturated heterocycles. The Balaban J connectivity index is 1.59. The first-order chi connectivity index (χ1) is 13.2. The number of hydrogen-bond donors (Lipinski definition) is 0. The van der Waals surface area contributed by atoms with Crippen LogP contribution in [0.15, 0.2) is 107 Å². The van der Waals surface area contributed by atoms with Crippen molar-refractivity contribution in [3.63, 3.8) is 0 Å². The van der Waals surface area contributed by atoms with Crippen molar-refractivity contribution >= 4 is 11.8 Å². The summed E-state index contributed by atoms with van der Waals surface area (Å²) in [5.41, 5.74) is 7.70. The summed E-state index contributed by atoms with van der Waals surface area (Å²) in [5.74, 6) is 0. The van der Waals surface area contributed by atoms with Gasteiger partial charge in [0.2, 0.25) is 0 Å². The van der Waals surface area contributed by atoms with E-state index in [0.717, 1.165) is 0 Å². The monoisotopic (exact) mass is 366 g/mol. The zero-order valence-corrected chi connectivity index (χ0v) is 16.5. The van der Waals surface area contributed by atoms with Crippen molar-refractivity contribution in [2.75, 3.05) is 0 Å². The third-order valence-corrected chi connectivity index (χ3v) is 6.14. The van der Waals surface area contributed by atoms with Gasteiger partial charge in [-0.25, -0.2) is 0 Å². The molecule has 0 aliphatic rings. The van der Waals surface area contributed by atoms with Crippen LogP contribution in [0.5, 0.6) is 0 Å². The fourth-order valence-corrected chi connectivity index (χ4v) is 4.22. The van der Waals surface area contributed by atoms with Gasteiger partial charge in [-0.05, 0) is 59.4 Å². The Morgan fingerprint density at radius 1 is 0.444 bits per heavy atom. The summed E-state index contributed by atoms with van der Waals surface area (Å²) >= 11 is 1.85. The van der Waals surface area contributed by atoms with Gasteiger partial charge in [0, 0.05) is 9.79 Å². The first-order valence-corrected chi connectivity index (χ1v) is 10.0. The quantitative estimate of drug-likeness (QED) is 0.355. The standard InChI is InChI=1S/C26H22S/c1-19-17-23(21-9-5-3-6-10-21)13-15-25(19)27-26-16-14-24(18-20(26)2)22-11-7-4-8-12-22/h3-18H,1-2H3. The summed E-state index contributed by atoms with van der Waals surface area (Å²) in [6.45, 7) is 4.39. The Hall–Kier alpha value is -2.77. The molecule has 0 spiro atoms. The van der Waals surface area contributed by atoms with E-state index in [1.54, 1.807) is 0 Å². The molecular formula is C26H22S. The van der Waals surface area contributed by atoms with Crippen LogP contribution in [-0.4, -0.2) is 0 Å². The van der Waals surface area contributed by atoms with Crippen molar-refractivity contribution in [2.24, 2.45) is 0 Å². The molecule has 0 amide bonds. The minimum Gasteiger partial charge on any atom is -0.0895 e. The average Bonchev–Trinajstić information content (AvgIpc) is 2.72. The highest BCUT2D eigenvalue weighted by molar-refractivity contribution is 7.99. The third kappa shape index (κ3) is 3.99. The SMILES string of the molecule is Cc1cc(-c2ccccc2)ccc1Sc1ccc(-c2ccccc2)cc1C. The van der Waals surface area contributed by atoms with E-state index in [9.17, 15) is 0 Å². The Bertz CT molecular complexity index is 963. The highest BCUT2D eigenvalue weighted by Gasteiger charge is 2.07. The van der Waals surface area contributed by atoms with E-state index < -0.39 is 0 Å². The molecule has 27 heavy (non-hydrogen) atoms. The zero-order chi connectivity index (χ0) is 18.6. The molecule has 4 rings (SSSR count). The van der Waals surface area contributed by atoms with Crippen LogP contribution in [-0.2, 0) is 0 Å². The molecule has 4 aromatic carbocycles. The molecule has 0 aliphatic carbocycles. The van der Waals surface area contributed by atoms with E-state index in [4.69, 9.17) is 0 Å². The van der Waals surface area contributed by atoms with Gasteiger partial charge in [0.25, 0.3) is 0 Å². The predicted molar refractivity (Wildman–Crippen MR) is 117 cm³/mol. The van der Waals surface area contributed by atoms with Crippen molar-refractivity contribution < 1.29 is 0 Å². The molecule has 1 heteroatoms. The first kappa shape index (κ1) is 17.6. The number of rotatable bonds is 4. The minimum atomic E-state index is 1.26. The van der Waals surface area contributed by atoms with Crippen LogP contribution >= 0.6 is 11.8 Å². The molecule has 0 atom stereocenters. The summed E-state index contributed by atoms with van der Waals surface area (Å²) in [6.07, 6.45) is 0. The maximum Gasteiger partial charge on any atom is 0.0152 e. The summed E-state index contributed by atoms with van der Waals surface area (Å²) in [6, 6.07) is 34.6. The lowest BCUT2D eigenvalue weighted by Crippen LogP contribution is -1.86. The smallest absolute Gasteiger partial charge is 0.0152 e. The average molecular weight is 367 g/mol. The number of aryl methyl sites for hydroxylation is 2. The molecule has 0 fully saturated rings. The fourth-order valence-electron chi connectivity index (χ4n) is 3.27. The van der Waals surface area contributed by atoms with Gasteiger partial charge in [-0.15, -0.1) is 0 Å². The van der Waals surface area contributed by atoms with E-state index in [-0.39, 0.29) is 0 Å². The molecular weight excluding hydrogens is 344 g/mol. The Morgan fingerprint density at radius 2 is 0.852 bits per heavy atom. The van der Waals surface area contributed by atoms with Gasteiger partial charge in [-0.2, -0.15) is 0 Å². The van der Waals surface area contributed by atoms with Crippen molar-refractivity contribution in [3.05, 3.63) is 108 Å². The van der Waals surface area contributed by atoms with Crippen molar-refractivity contribution in [1.82, 2.24) is 0 Å². The van der Waals surface area contributed by atoms with Crippen LogP contribution in [0.25, 0.3) is 22.3 Å². The predicted octanol–water partition coefficient (Wildman–Crippen LogP) is 7.79. The molecule has 0 N–H and O–H groups in total. The molecule has 0 aromatic heterocycles. The summed E-state index contributed by atoms with van der Waals surface area (Å²) in [5, 5.41) is 0. The summed E-state index contributed by atoms with van der Waals surface area (Å²) < 4.78 is 0. The second-order valence-electron chi connectivity index (χ2n) is 6.79. The molecule has 0 aliphatic heterocycles. The highest BCUT2D eigenvalue weighted by Crippen LogP contribution is 2.36. The van der Waals surface area contributed by atoms with Crippen LogP contribution in [0.4, 0.5) is 0 Å². The van der Waals surface area contributed by atoms with E-state index >= 15 is 0 Å². The van der Waals surface area contributed by atoms with Crippen LogP contribution in [0.1, 0.15) is 11.1 Å². The molecule has 0 radical (unpaired) electrons. The van der Waals surface area contributed by atoms with E-state index in [1.165, 1.54) is 43.2 Å². The molecule has 4 aromatic rings. The van der Waals surface area contributed by atoms with Crippen molar-refractivity contribution in [2.45, 2.75) is 23.6 Å². The van der Waals surface area contributed by atoms with Gasteiger partial charge >= 0.3 is 0 Å². The van der Waals surface area contributed by atoms with Gasteiger partial charge in [0.15, 0.2) is 0 Å². The fraction of sp³-hybridized carbons (Fsp3) is 0.0769. The van der Waals surface area contributed by atoms with Crippen LogP contribution < -0.4 is 0 Å². The molecule has 0 nitrogen and oxygen atoms in total. The summed E-state index contributed by atoms with van der Waals surface area (Å²) in [7, 11) is 0.